The molecule has 2 aromatic carbocycles. The molecule has 0 saturated carbocycles. The zero-order chi connectivity index (χ0) is 19.7. The third-order valence-electron chi connectivity index (χ3n) is 3.50. The minimum Gasteiger partial charge on any atom is -0.294 e. The minimum absolute atomic E-state index is 0.0472. The molecule has 0 aliphatic rings. The number of carbonyl (C=O) groups is 1. The summed E-state index contributed by atoms with van der Waals surface area (Å²) in [5.74, 6) is -0.399. The van der Waals surface area contributed by atoms with E-state index in [4.69, 9.17) is 33.9 Å². The van der Waals surface area contributed by atoms with Crippen molar-refractivity contribution < 1.29 is 26.4 Å². The van der Waals surface area contributed by atoms with Crippen LogP contribution < -0.4 is 0 Å². The first kappa shape index (κ1) is 21.0. The summed E-state index contributed by atoms with van der Waals surface area (Å²) >= 11 is 11.6. The van der Waals surface area contributed by atoms with Crippen molar-refractivity contribution in [2.75, 3.05) is 0 Å². The third-order valence-corrected chi connectivity index (χ3v) is 5.48. The Bertz CT molecular complexity index is 957. The molecule has 0 radical (unpaired) electrons. The number of rotatable bonds is 5. The van der Waals surface area contributed by atoms with Gasteiger partial charge in [0.2, 0.25) is 0 Å². The van der Waals surface area contributed by atoms with Gasteiger partial charge in [-0.1, -0.05) is 29.3 Å². The van der Waals surface area contributed by atoms with E-state index >= 15 is 0 Å². The molecular formula is C16H10Cl3F3O3S. The van der Waals surface area contributed by atoms with Gasteiger partial charge in [-0.05, 0) is 42.3 Å². The van der Waals surface area contributed by atoms with Crippen molar-refractivity contribution in [3.05, 3.63) is 63.1 Å². The van der Waals surface area contributed by atoms with E-state index in [1.807, 2.05) is 0 Å². The minimum atomic E-state index is -4.55. The van der Waals surface area contributed by atoms with Gasteiger partial charge in [-0.25, -0.2) is 8.42 Å². The van der Waals surface area contributed by atoms with Crippen LogP contribution in [0.5, 0.6) is 0 Å². The van der Waals surface area contributed by atoms with Crippen LogP contribution in [0.4, 0.5) is 13.2 Å². The van der Waals surface area contributed by atoms with Crippen LogP contribution >= 0.6 is 33.9 Å². The number of aryl methyl sites for hydroxylation is 1. The van der Waals surface area contributed by atoms with Crippen molar-refractivity contribution >= 4 is 48.7 Å². The predicted molar refractivity (Wildman–Crippen MR) is 93.6 cm³/mol. The average molecular weight is 446 g/mol. The lowest BCUT2D eigenvalue weighted by atomic mass is 10.0. The van der Waals surface area contributed by atoms with E-state index < -0.39 is 31.6 Å². The molecule has 0 bridgehead atoms. The maximum absolute atomic E-state index is 12.7. The number of hydrogen-bond acceptors (Lipinski definition) is 3. The van der Waals surface area contributed by atoms with E-state index in [2.05, 4.69) is 0 Å². The molecule has 0 unspecified atom stereocenters. The maximum Gasteiger partial charge on any atom is 0.417 e. The monoisotopic (exact) mass is 444 g/mol. The molecule has 3 nitrogen and oxygen atoms in total. The van der Waals surface area contributed by atoms with E-state index in [1.165, 1.54) is 12.1 Å². The van der Waals surface area contributed by atoms with Gasteiger partial charge in [0.15, 0.2) is 5.78 Å². The van der Waals surface area contributed by atoms with E-state index in [-0.39, 0.29) is 28.3 Å². The zero-order valence-electron chi connectivity index (χ0n) is 12.8. The van der Waals surface area contributed by atoms with Gasteiger partial charge in [0, 0.05) is 22.7 Å². The molecule has 140 valence electrons. The molecule has 2 rings (SSSR count). The zero-order valence-corrected chi connectivity index (χ0v) is 15.9. The highest BCUT2D eigenvalue weighted by Crippen LogP contribution is 2.35. The van der Waals surface area contributed by atoms with Gasteiger partial charge in [-0.15, -0.1) is 0 Å². The van der Waals surface area contributed by atoms with Crippen molar-refractivity contribution in [3.63, 3.8) is 0 Å². The van der Waals surface area contributed by atoms with Crippen LogP contribution in [0.2, 0.25) is 10.0 Å². The smallest absolute Gasteiger partial charge is 0.294 e. The quantitative estimate of drug-likeness (QED) is 0.434. The summed E-state index contributed by atoms with van der Waals surface area (Å²) in [6.07, 6.45) is -4.46. The lowest BCUT2D eigenvalue weighted by molar-refractivity contribution is -0.137. The van der Waals surface area contributed by atoms with E-state index in [1.54, 1.807) is 0 Å². The summed E-state index contributed by atoms with van der Waals surface area (Å²) in [5.41, 5.74) is -0.406. The van der Waals surface area contributed by atoms with Gasteiger partial charge in [-0.2, -0.15) is 13.2 Å². The third kappa shape index (κ3) is 5.13. The number of carbonyl (C=O) groups excluding carboxylic acids is 1. The fraction of sp³-hybridized carbons (Fsp3) is 0.188. The molecule has 0 spiro atoms. The molecule has 0 atom stereocenters. The summed E-state index contributed by atoms with van der Waals surface area (Å²) in [6, 6.07) is 6.70. The first-order valence-corrected chi connectivity index (χ1v) is 10.1. The molecule has 0 saturated heterocycles. The number of alkyl halides is 3. The lowest BCUT2D eigenvalue weighted by Crippen LogP contribution is -2.07. The van der Waals surface area contributed by atoms with Crippen molar-refractivity contribution in [3.8, 4) is 0 Å². The first-order valence-electron chi connectivity index (χ1n) is 7.02. The second kappa shape index (κ2) is 7.76. The van der Waals surface area contributed by atoms with Gasteiger partial charge in [0.05, 0.1) is 20.5 Å². The summed E-state index contributed by atoms with van der Waals surface area (Å²) in [5, 5.41) is -0.528. The Balaban J connectivity index is 2.13. The van der Waals surface area contributed by atoms with Crippen LogP contribution in [0.15, 0.2) is 41.3 Å². The highest BCUT2D eigenvalue weighted by atomic mass is 35.7. The molecule has 0 aromatic heterocycles. The molecule has 0 N–H and O–H groups in total. The summed E-state index contributed by atoms with van der Waals surface area (Å²) < 4.78 is 60.5. The topological polar surface area (TPSA) is 51.2 Å². The summed E-state index contributed by atoms with van der Waals surface area (Å²) in [6.45, 7) is 0. The SMILES string of the molecule is O=C(CCc1ccc(C(F)(F)F)c(Cl)c1)c1ccc(S(=O)(=O)Cl)cc1Cl. The van der Waals surface area contributed by atoms with Crippen LogP contribution in [0.3, 0.4) is 0 Å². The van der Waals surface area contributed by atoms with Gasteiger partial charge in [0.1, 0.15) is 0 Å². The summed E-state index contributed by atoms with van der Waals surface area (Å²) in [7, 11) is 1.23. The van der Waals surface area contributed by atoms with Crippen LogP contribution in [0.25, 0.3) is 0 Å². The Morgan fingerprint density at radius 1 is 1.00 bits per heavy atom. The molecular weight excluding hydrogens is 436 g/mol. The van der Waals surface area contributed by atoms with E-state index in [0.29, 0.717) is 5.56 Å². The number of ketones is 1. The number of hydrogen-bond donors (Lipinski definition) is 0. The van der Waals surface area contributed by atoms with Crippen molar-refractivity contribution in [1.82, 2.24) is 0 Å². The lowest BCUT2D eigenvalue weighted by Gasteiger charge is -2.10. The maximum atomic E-state index is 12.7. The predicted octanol–water partition coefficient (Wildman–Crippen LogP) is 5.76. The second-order valence-electron chi connectivity index (χ2n) is 5.31. The van der Waals surface area contributed by atoms with Gasteiger partial charge < -0.3 is 0 Å². The number of halogens is 6. The van der Waals surface area contributed by atoms with Crippen molar-refractivity contribution in [2.45, 2.75) is 23.9 Å². The Morgan fingerprint density at radius 3 is 2.15 bits per heavy atom. The Hall–Kier alpha value is -1.28. The molecule has 0 fully saturated rings. The van der Waals surface area contributed by atoms with Gasteiger partial charge in [-0.3, -0.25) is 4.79 Å². The summed E-state index contributed by atoms with van der Waals surface area (Å²) in [4.78, 5) is 12.0. The normalized spacial score (nSPS) is 12.2. The molecule has 2 aromatic rings. The fourth-order valence-corrected chi connectivity index (χ4v) is 3.65. The van der Waals surface area contributed by atoms with E-state index in [9.17, 15) is 26.4 Å². The van der Waals surface area contributed by atoms with Crippen LogP contribution in [0, 0.1) is 0 Å². The van der Waals surface area contributed by atoms with Crippen molar-refractivity contribution in [2.24, 2.45) is 0 Å². The Kier molecular flexibility index (Phi) is 6.28. The van der Waals surface area contributed by atoms with Crippen LogP contribution in [-0.4, -0.2) is 14.2 Å². The van der Waals surface area contributed by atoms with E-state index in [0.717, 1.165) is 24.3 Å². The highest BCUT2D eigenvalue weighted by Gasteiger charge is 2.33. The van der Waals surface area contributed by atoms with Crippen LogP contribution in [0.1, 0.15) is 27.9 Å². The van der Waals surface area contributed by atoms with Gasteiger partial charge in [0.25, 0.3) is 9.05 Å². The highest BCUT2D eigenvalue weighted by molar-refractivity contribution is 8.13. The second-order valence-corrected chi connectivity index (χ2v) is 8.69. The Labute approximate surface area is 162 Å². The standard InChI is InChI=1S/C16H10Cl3F3O3S/c17-13-8-10(26(19,24)25)3-4-11(13)15(23)6-2-9-1-5-12(14(18)7-9)16(20,21)22/h1,3-5,7-8H,2,6H2. The number of benzene rings is 2. The first-order chi connectivity index (χ1) is 11.9. The van der Waals surface area contributed by atoms with Crippen molar-refractivity contribution in [1.29, 1.82) is 0 Å². The largest absolute Gasteiger partial charge is 0.417 e. The molecule has 0 amide bonds. The Morgan fingerprint density at radius 2 is 1.65 bits per heavy atom. The fourth-order valence-electron chi connectivity index (χ4n) is 2.21. The number of Topliss-reactive ketones (excluding diaryl/α,β-unsaturated/α-hetero) is 1. The molecule has 10 heteroatoms. The van der Waals surface area contributed by atoms with Gasteiger partial charge >= 0.3 is 6.18 Å². The van der Waals surface area contributed by atoms with Crippen LogP contribution in [-0.2, 0) is 21.6 Å². The molecule has 26 heavy (non-hydrogen) atoms. The average Bonchev–Trinajstić information content (AvgIpc) is 2.50. The molecule has 0 aliphatic heterocycles. The molecule has 0 heterocycles. The molecule has 0 aliphatic carbocycles.